The summed E-state index contributed by atoms with van der Waals surface area (Å²) in [6.45, 7) is 5.51. The molecule has 1 aromatic rings. The molecule has 1 saturated heterocycles. The Kier molecular flexibility index (Phi) is 6.27. The summed E-state index contributed by atoms with van der Waals surface area (Å²) in [7, 11) is 1.96. The van der Waals surface area contributed by atoms with Gasteiger partial charge in [-0.3, -0.25) is 0 Å². The summed E-state index contributed by atoms with van der Waals surface area (Å²) in [5.74, 6) is 1.38. The van der Waals surface area contributed by atoms with E-state index in [1.54, 1.807) is 0 Å². The van der Waals surface area contributed by atoms with Gasteiger partial charge < -0.3 is 14.8 Å². The molecule has 1 N–H and O–H groups in total. The molecule has 2 rings (SSSR count). The van der Waals surface area contributed by atoms with Crippen molar-refractivity contribution in [1.29, 1.82) is 0 Å². The molecule has 20 heavy (non-hydrogen) atoms. The standard InChI is InChI=1S/C16H26N2O2/c1-3-4-15-9-14(11-17-2)10-16(18-15)20-12-13-5-7-19-8-6-13/h9-10,13,17H,3-8,11-12H2,1-2H3. The van der Waals surface area contributed by atoms with Crippen LogP contribution in [0.5, 0.6) is 5.88 Å². The third-order valence-electron chi connectivity index (χ3n) is 3.61. The molecule has 0 radical (unpaired) electrons. The second-order valence-electron chi connectivity index (χ2n) is 5.45. The summed E-state index contributed by atoms with van der Waals surface area (Å²) in [5, 5.41) is 3.19. The fraction of sp³-hybridized carbons (Fsp3) is 0.688. The van der Waals surface area contributed by atoms with Gasteiger partial charge in [0.25, 0.3) is 0 Å². The molecule has 0 bridgehead atoms. The minimum Gasteiger partial charge on any atom is -0.477 e. The summed E-state index contributed by atoms with van der Waals surface area (Å²) in [4.78, 5) is 4.61. The Morgan fingerprint density at radius 1 is 1.35 bits per heavy atom. The van der Waals surface area contributed by atoms with Crippen LogP contribution in [0.4, 0.5) is 0 Å². The van der Waals surface area contributed by atoms with E-state index >= 15 is 0 Å². The van der Waals surface area contributed by atoms with Crippen LogP contribution in [0.3, 0.4) is 0 Å². The molecular formula is C16H26N2O2. The molecule has 0 aliphatic carbocycles. The molecule has 1 aromatic heterocycles. The monoisotopic (exact) mass is 278 g/mol. The molecule has 0 amide bonds. The first-order valence-electron chi connectivity index (χ1n) is 7.66. The lowest BCUT2D eigenvalue weighted by molar-refractivity contribution is 0.0490. The summed E-state index contributed by atoms with van der Waals surface area (Å²) in [6.07, 6.45) is 4.30. The van der Waals surface area contributed by atoms with Crippen molar-refractivity contribution in [3.05, 3.63) is 23.4 Å². The zero-order chi connectivity index (χ0) is 14.2. The fourth-order valence-corrected chi connectivity index (χ4v) is 2.50. The average molecular weight is 278 g/mol. The van der Waals surface area contributed by atoms with Crippen LogP contribution < -0.4 is 10.1 Å². The van der Waals surface area contributed by atoms with Crippen LogP contribution >= 0.6 is 0 Å². The van der Waals surface area contributed by atoms with E-state index in [0.29, 0.717) is 5.92 Å². The zero-order valence-corrected chi connectivity index (χ0v) is 12.7. The number of pyridine rings is 1. The van der Waals surface area contributed by atoms with Gasteiger partial charge in [-0.05, 0) is 43.9 Å². The quantitative estimate of drug-likeness (QED) is 0.832. The number of ether oxygens (including phenoxy) is 2. The summed E-state index contributed by atoms with van der Waals surface area (Å²) in [5.41, 5.74) is 2.37. The maximum atomic E-state index is 5.93. The van der Waals surface area contributed by atoms with Crippen LogP contribution in [0, 0.1) is 5.92 Å². The van der Waals surface area contributed by atoms with Gasteiger partial charge in [-0.1, -0.05) is 13.3 Å². The largest absolute Gasteiger partial charge is 0.477 e. The number of nitrogens with zero attached hydrogens (tertiary/aromatic N) is 1. The maximum Gasteiger partial charge on any atom is 0.213 e. The molecule has 4 nitrogen and oxygen atoms in total. The van der Waals surface area contributed by atoms with Crippen LogP contribution in [-0.2, 0) is 17.7 Å². The molecule has 0 aromatic carbocycles. The third kappa shape index (κ3) is 4.76. The van der Waals surface area contributed by atoms with Crippen LogP contribution in [-0.4, -0.2) is 31.9 Å². The first kappa shape index (κ1) is 15.3. The molecule has 0 unspecified atom stereocenters. The fourth-order valence-electron chi connectivity index (χ4n) is 2.50. The van der Waals surface area contributed by atoms with Crippen LogP contribution in [0.15, 0.2) is 12.1 Å². The highest BCUT2D eigenvalue weighted by molar-refractivity contribution is 5.25. The van der Waals surface area contributed by atoms with Gasteiger partial charge >= 0.3 is 0 Å². The third-order valence-corrected chi connectivity index (χ3v) is 3.61. The van der Waals surface area contributed by atoms with Gasteiger partial charge in [0.1, 0.15) is 0 Å². The Labute approximate surface area is 121 Å². The minimum absolute atomic E-state index is 0.605. The van der Waals surface area contributed by atoms with Gasteiger partial charge in [-0.25, -0.2) is 4.98 Å². The number of aryl methyl sites for hydroxylation is 1. The maximum absolute atomic E-state index is 5.93. The molecular weight excluding hydrogens is 252 g/mol. The van der Waals surface area contributed by atoms with Crippen molar-refractivity contribution in [3.63, 3.8) is 0 Å². The first-order valence-corrected chi connectivity index (χ1v) is 7.66. The van der Waals surface area contributed by atoms with Crippen LogP contribution in [0.2, 0.25) is 0 Å². The van der Waals surface area contributed by atoms with Gasteiger partial charge in [0.05, 0.1) is 6.61 Å². The van der Waals surface area contributed by atoms with E-state index < -0.39 is 0 Å². The van der Waals surface area contributed by atoms with Gasteiger partial charge in [-0.2, -0.15) is 0 Å². The van der Waals surface area contributed by atoms with E-state index in [-0.39, 0.29) is 0 Å². The first-order chi connectivity index (χ1) is 9.81. The van der Waals surface area contributed by atoms with E-state index in [4.69, 9.17) is 9.47 Å². The van der Waals surface area contributed by atoms with Gasteiger partial charge in [0.2, 0.25) is 5.88 Å². The van der Waals surface area contributed by atoms with Crippen molar-refractivity contribution >= 4 is 0 Å². The number of nitrogens with one attached hydrogen (secondary N) is 1. The van der Waals surface area contributed by atoms with E-state index in [9.17, 15) is 0 Å². The molecule has 1 aliphatic rings. The summed E-state index contributed by atoms with van der Waals surface area (Å²) < 4.78 is 11.3. The van der Waals surface area contributed by atoms with Crippen molar-refractivity contribution in [3.8, 4) is 5.88 Å². The lowest BCUT2D eigenvalue weighted by Gasteiger charge is -2.22. The predicted molar refractivity (Wildman–Crippen MR) is 80.0 cm³/mol. The van der Waals surface area contributed by atoms with Crippen molar-refractivity contribution in [2.45, 2.75) is 39.2 Å². The molecule has 0 spiro atoms. The molecule has 0 saturated carbocycles. The molecule has 0 atom stereocenters. The highest BCUT2D eigenvalue weighted by Gasteiger charge is 2.15. The highest BCUT2D eigenvalue weighted by atomic mass is 16.5. The minimum atomic E-state index is 0.605. The lowest BCUT2D eigenvalue weighted by Crippen LogP contribution is -2.21. The highest BCUT2D eigenvalue weighted by Crippen LogP contribution is 2.18. The SMILES string of the molecule is CCCc1cc(CNC)cc(OCC2CCOCC2)n1. The zero-order valence-electron chi connectivity index (χ0n) is 12.7. The predicted octanol–water partition coefficient (Wildman–Crippen LogP) is 2.56. The number of rotatable bonds is 7. The van der Waals surface area contributed by atoms with E-state index in [1.807, 2.05) is 7.05 Å². The molecule has 2 heterocycles. The Morgan fingerprint density at radius 3 is 2.85 bits per heavy atom. The Bertz CT molecular complexity index is 379. The smallest absolute Gasteiger partial charge is 0.213 e. The Balaban J connectivity index is 1.97. The van der Waals surface area contributed by atoms with Crippen LogP contribution in [0.25, 0.3) is 0 Å². The topological polar surface area (TPSA) is 43.4 Å². The number of hydrogen-bond donors (Lipinski definition) is 1. The van der Waals surface area contributed by atoms with Gasteiger partial charge in [0, 0.05) is 31.5 Å². The van der Waals surface area contributed by atoms with E-state index in [2.05, 4.69) is 29.4 Å². The second kappa shape index (κ2) is 8.22. The molecule has 1 fully saturated rings. The normalized spacial score (nSPS) is 16.3. The number of hydrogen-bond acceptors (Lipinski definition) is 4. The summed E-state index contributed by atoms with van der Waals surface area (Å²) in [6, 6.07) is 4.22. The summed E-state index contributed by atoms with van der Waals surface area (Å²) >= 11 is 0. The van der Waals surface area contributed by atoms with E-state index in [1.165, 1.54) is 5.56 Å². The van der Waals surface area contributed by atoms with Crippen LogP contribution in [0.1, 0.15) is 37.4 Å². The molecule has 112 valence electrons. The van der Waals surface area contributed by atoms with Crippen molar-refractivity contribution in [1.82, 2.24) is 10.3 Å². The van der Waals surface area contributed by atoms with Crippen molar-refractivity contribution in [2.24, 2.45) is 5.92 Å². The lowest BCUT2D eigenvalue weighted by atomic mass is 10.0. The second-order valence-corrected chi connectivity index (χ2v) is 5.45. The average Bonchev–Trinajstić information content (AvgIpc) is 2.47. The van der Waals surface area contributed by atoms with Crippen molar-refractivity contribution < 1.29 is 9.47 Å². The number of aromatic nitrogens is 1. The van der Waals surface area contributed by atoms with Gasteiger partial charge in [-0.15, -0.1) is 0 Å². The Hall–Kier alpha value is -1.13. The Morgan fingerprint density at radius 2 is 2.15 bits per heavy atom. The molecule has 1 aliphatic heterocycles. The van der Waals surface area contributed by atoms with E-state index in [0.717, 1.165) is 63.6 Å². The van der Waals surface area contributed by atoms with Gasteiger partial charge in [0.15, 0.2) is 0 Å². The van der Waals surface area contributed by atoms with Crippen molar-refractivity contribution in [2.75, 3.05) is 26.9 Å². The molecule has 4 heteroatoms.